The van der Waals surface area contributed by atoms with Crippen molar-refractivity contribution in [3.63, 3.8) is 0 Å². The number of nitrogens with zero attached hydrogens (tertiary/aromatic N) is 3. The number of alkyl halides is 3. The zero-order valence-corrected chi connectivity index (χ0v) is 15.0. The number of benzene rings is 1. The van der Waals surface area contributed by atoms with E-state index in [1.807, 2.05) is 6.07 Å². The van der Waals surface area contributed by atoms with Crippen molar-refractivity contribution in [2.24, 2.45) is 0 Å². The van der Waals surface area contributed by atoms with Crippen molar-refractivity contribution in [3.05, 3.63) is 35.7 Å². The van der Waals surface area contributed by atoms with Crippen LogP contribution in [0.15, 0.2) is 28.7 Å². The molecule has 0 unspecified atom stereocenters. The summed E-state index contributed by atoms with van der Waals surface area (Å²) in [6, 6.07) is 9.29. The van der Waals surface area contributed by atoms with Gasteiger partial charge in [-0.25, -0.2) is 4.79 Å². The Morgan fingerprint density at radius 1 is 1.38 bits per heavy atom. The van der Waals surface area contributed by atoms with Crippen molar-refractivity contribution in [3.8, 4) is 17.5 Å². The third-order valence-corrected chi connectivity index (χ3v) is 3.79. The number of carboxylic acid groups (broad SMARTS) is 1. The number of hydrogen-bond donors (Lipinski definition) is 3. The molecule has 154 valence electrons. The van der Waals surface area contributed by atoms with Gasteiger partial charge in [-0.15, -0.1) is 10.2 Å². The fraction of sp³-hybridized carbons (Fsp3) is 0.353. The Morgan fingerprint density at radius 3 is 2.62 bits per heavy atom. The Kier molecular flexibility index (Phi) is 6.89. The molecule has 1 aromatic carbocycles. The maximum atomic E-state index is 12.1. The average Bonchev–Trinajstić information content (AvgIpc) is 3.31. The number of carbonyl (C=O) groups excluding carboxylic acids is 1. The van der Waals surface area contributed by atoms with Crippen LogP contribution in [0.5, 0.6) is 0 Å². The molecule has 12 heteroatoms. The molecule has 0 bridgehead atoms. The second-order valence-electron chi connectivity index (χ2n) is 6.12. The summed E-state index contributed by atoms with van der Waals surface area (Å²) in [5.74, 6) is -2.99. The number of halogens is 3. The summed E-state index contributed by atoms with van der Waals surface area (Å²) in [7, 11) is 0. The van der Waals surface area contributed by atoms with Crippen LogP contribution in [-0.2, 0) is 4.79 Å². The van der Waals surface area contributed by atoms with Crippen molar-refractivity contribution in [1.29, 1.82) is 5.26 Å². The van der Waals surface area contributed by atoms with E-state index in [9.17, 15) is 18.0 Å². The normalized spacial score (nSPS) is 18.3. The van der Waals surface area contributed by atoms with Gasteiger partial charge in [-0.05, 0) is 31.5 Å². The smallest absolute Gasteiger partial charge is 0.475 e. The summed E-state index contributed by atoms with van der Waals surface area (Å²) < 4.78 is 37.1. The standard InChI is InChI=1S/C15H15N5O2.C2HF3O2/c1-9-5-12(8-17-9)18-13(21)15-20-19-14(22-15)11-4-2-3-10(6-11)7-16;3-2(4,5)1(6)7/h2-4,6,9,12,17H,5,8H2,1H3,(H,18,21);(H,6,7)/t9-,12-;/m1./s1. The third-order valence-electron chi connectivity index (χ3n) is 3.79. The molecular formula is C17H16F3N5O4. The number of rotatable bonds is 3. The van der Waals surface area contributed by atoms with Crippen molar-refractivity contribution in [2.75, 3.05) is 6.54 Å². The number of aliphatic carboxylic acids is 1. The zero-order valence-electron chi connectivity index (χ0n) is 15.0. The summed E-state index contributed by atoms with van der Waals surface area (Å²) >= 11 is 0. The summed E-state index contributed by atoms with van der Waals surface area (Å²) in [6.07, 6.45) is -4.21. The molecule has 1 aromatic heterocycles. The second kappa shape index (κ2) is 9.16. The molecule has 0 radical (unpaired) electrons. The summed E-state index contributed by atoms with van der Waals surface area (Å²) in [4.78, 5) is 21.0. The van der Waals surface area contributed by atoms with Gasteiger partial charge in [-0.3, -0.25) is 4.79 Å². The van der Waals surface area contributed by atoms with E-state index in [4.69, 9.17) is 19.6 Å². The molecule has 3 N–H and O–H groups in total. The highest BCUT2D eigenvalue weighted by atomic mass is 19.4. The van der Waals surface area contributed by atoms with Gasteiger partial charge in [0.2, 0.25) is 5.89 Å². The van der Waals surface area contributed by atoms with Gasteiger partial charge in [0.1, 0.15) is 0 Å². The number of amides is 1. The van der Waals surface area contributed by atoms with Crippen molar-refractivity contribution < 1.29 is 32.3 Å². The van der Waals surface area contributed by atoms with Gasteiger partial charge in [-0.1, -0.05) is 6.07 Å². The van der Waals surface area contributed by atoms with E-state index < -0.39 is 12.1 Å². The summed E-state index contributed by atoms with van der Waals surface area (Å²) in [5, 5.41) is 29.8. The van der Waals surface area contributed by atoms with Gasteiger partial charge >= 0.3 is 23.9 Å². The van der Waals surface area contributed by atoms with Crippen molar-refractivity contribution in [2.45, 2.75) is 31.6 Å². The Morgan fingerprint density at radius 2 is 2.07 bits per heavy atom. The molecule has 1 aliphatic rings. The lowest BCUT2D eigenvalue weighted by Gasteiger charge is -2.08. The zero-order chi connectivity index (χ0) is 21.6. The SMILES string of the molecule is C[C@@H]1C[C@@H](NC(=O)c2nnc(-c3cccc(C#N)c3)o2)CN1.O=C(O)C(F)(F)F. The Bertz CT molecular complexity index is 922. The highest BCUT2D eigenvalue weighted by molar-refractivity contribution is 5.90. The Hall–Kier alpha value is -3.46. The van der Waals surface area contributed by atoms with Crippen LogP contribution in [0.1, 0.15) is 29.6 Å². The van der Waals surface area contributed by atoms with Crippen LogP contribution >= 0.6 is 0 Å². The molecule has 2 heterocycles. The lowest BCUT2D eigenvalue weighted by Crippen LogP contribution is -2.36. The minimum absolute atomic E-state index is 0.0692. The van der Waals surface area contributed by atoms with Crippen molar-refractivity contribution >= 4 is 11.9 Å². The molecule has 2 atom stereocenters. The maximum Gasteiger partial charge on any atom is 0.490 e. The number of carboxylic acids is 1. The van der Waals surface area contributed by atoms with Crippen LogP contribution in [0.4, 0.5) is 13.2 Å². The number of nitriles is 1. The van der Waals surface area contributed by atoms with E-state index in [0.717, 1.165) is 13.0 Å². The highest BCUT2D eigenvalue weighted by Crippen LogP contribution is 2.19. The van der Waals surface area contributed by atoms with Crippen LogP contribution < -0.4 is 10.6 Å². The molecule has 1 amide bonds. The molecule has 1 saturated heterocycles. The summed E-state index contributed by atoms with van der Waals surface area (Å²) in [5.41, 5.74) is 1.11. The first kappa shape index (κ1) is 21.8. The minimum Gasteiger partial charge on any atom is -0.475 e. The first-order valence-corrected chi connectivity index (χ1v) is 8.28. The second-order valence-corrected chi connectivity index (χ2v) is 6.12. The van der Waals surface area contributed by atoms with Gasteiger partial charge in [0.25, 0.3) is 0 Å². The van der Waals surface area contributed by atoms with Gasteiger partial charge in [0.05, 0.1) is 11.6 Å². The molecule has 0 aliphatic carbocycles. The highest BCUT2D eigenvalue weighted by Gasteiger charge is 2.38. The van der Waals surface area contributed by atoms with Crippen LogP contribution in [0, 0.1) is 11.3 Å². The Labute approximate surface area is 162 Å². The minimum atomic E-state index is -5.08. The van der Waals surface area contributed by atoms with Crippen LogP contribution in [0.2, 0.25) is 0 Å². The summed E-state index contributed by atoms with van der Waals surface area (Å²) in [6.45, 7) is 2.80. The number of hydrogen-bond acceptors (Lipinski definition) is 7. The van der Waals surface area contributed by atoms with Crippen LogP contribution in [0.3, 0.4) is 0 Å². The number of nitrogens with one attached hydrogen (secondary N) is 2. The van der Waals surface area contributed by atoms with Gasteiger partial charge in [0.15, 0.2) is 0 Å². The number of carbonyl (C=O) groups is 2. The average molecular weight is 411 g/mol. The quantitative estimate of drug-likeness (QED) is 0.693. The fourth-order valence-corrected chi connectivity index (χ4v) is 2.45. The van der Waals surface area contributed by atoms with Crippen LogP contribution in [-0.4, -0.2) is 52.0 Å². The largest absolute Gasteiger partial charge is 0.490 e. The molecular weight excluding hydrogens is 395 g/mol. The molecule has 1 aliphatic heterocycles. The molecule has 3 rings (SSSR count). The fourth-order valence-electron chi connectivity index (χ4n) is 2.45. The maximum absolute atomic E-state index is 12.1. The molecule has 9 nitrogen and oxygen atoms in total. The molecule has 29 heavy (non-hydrogen) atoms. The first-order chi connectivity index (χ1) is 13.6. The van der Waals surface area contributed by atoms with Gasteiger partial charge in [0, 0.05) is 24.2 Å². The number of aromatic nitrogens is 2. The third kappa shape index (κ3) is 6.28. The van der Waals surface area contributed by atoms with Crippen LogP contribution in [0.25, 0.3) is 11.5 Å². The van der Waals surface area contributed by atoms with E-state index in [1.54, 1.807) is 24.3 Å². The van der Waals surface area contributed by atoms with Gasteiger partial charge in [-0.2, -0.15) is 18.4 Å². The lowest BCUT2D eigenvalue weighted by atomic mass is 10.1. The van der Waals surface area contributed by atoms with E-state index in [-0.39, 0.29) is 23.7 Å². The topological polar surface area (TPSA) is 141 Å². The predicted molar refractivity (Wildman–Crippen MR) is 91.5 cm³/mol. The van der Waals surface area contributed by atoms with E-state index >= 15 is 0 Å². The van der Waals surface area contributed by atoms with E-state index in [2.05, 4.69) is 27.8 Å². The van der Waals surface area contributed by atoms with Crippen molar-refractivity contribution in [1.82, 2.24) is 20.8 Å². The molecule has 1 fully saturated rings. The predicted octanol–water partition coefficient (Wildman–Crippen LogP) is 1.72. The van der Waals surface area contributed by atoms with E-state index in [0.29, 0.717) is 17.2 Å². The Balaban J connectivity index is 0.000000370. The van der Waals surface area contributed by atoms with E-state index in [1.165, 1.54) is 0 Å². The van der Waals surface area contributed by atoms with Gasteiger partial charge < -0.3 is 20.2 Å². The molecule has 2 aromatic rings. The molecule has 0 spiro atoms. The monoisotopic (exact) mass is 411 g/mol. The lowest BCUT2D eigenvalue weighted by molar-refractivity contribution is -0.192. The first-order valence-electron chi connectivity index (χ1n) is 8.28. The molecule has 0 saturated carbocycles.